The third-order valence-corrected chi connectivity index (χ3v) is 5.34. The number of oxazole rings is 1. The summed E-state index contributed by atoms with van der Waals surface area (Å²) in [5.41, 5.74) is 1.76. The highest BCUT2D eigenvalue weighted by molar-refractivity contribution is 7.92. The number of carbonyl (C=O) groups excluding carboxylic acids is 1. The summed E-state index contributed by atoms with van der Waals surface area (Å²) in [6, 6.07) is 8.71. The SMILES string of the molecule is COC(=O)c1ccc(C)c(NS(=O)(=O)c2ccc3c(c2)oc(=O)n3C)c1. The van der Waals surface area contributed by atoms with Crippen molar-refractivity contribution in [1.29, 1.82) is 0 Å². The number of carbonyl (C=O) groups is 1. The molecule has 1 aromatic heterocycles. The lowest BCUT2D eigenvalue weighted by molar-refractivity contribution is 0.0601. The molecule has 1 N–H and O–H groups in total. The third-order valence-electron chi connectivity index (χ3n) is 3.98. The molecule has 2 aromatic carbocycles. The van der Waals surface area contributed by atoms with Gasteiger partial charge in [0.1, 0.15) is 0 Å². The molecule has 1 heterocycles. The lowest BCUT2D eigenvalue weighted by Crippen LogP contribution is -2.14. The van der Waals surface area contributed by atoms with E-state index >= 15 is 0 Å². The van der Waals surface area contributed by atoms with Crippen LogP contribution in [0.5, 0.6) is 0 Å². The summed E-state index contributed by atoms with van der Waals surface area (Å²) in [7, 11) is -1.18. The molecule has 0 saturated heterocycles. The molecule has 0 aliphatic rings. The Morgan fingerprint density at radius 1 is 1.19 bits per heavy atom. The van der Waals surface area contributed by atoms with E-state index in [0.29, 0.717) is 11.1 Å². The molecule has 0 fully saturated rings. The molecule has 0 unspecified atom stereocenters. The van der Waals surface area contributed by atoms with Crippen molar-refractivity contribution >= 4 is 32.8 Å². The number of anilines is 1. The predicted molar refractivity (Wildman–Crippen MR) is 94.8 cm³/mol. The quantitative estimate of drug-likeness (QED) is 0.698. The van der Waals surface area contributed by atoms with Crippen molar-refractivity contribution in [3.05, 3.63) is 58.1 Å². The minimum Gasteiger partial charge on any atom is -0.465 e. The molecule has 0 amide bonds. The van der Waals surface area contributed by atoms with Crippen molar-refractivity contribution < 1.29 is 22.4 Å². The van der Waals surface area contributed by atoms with Crippen molar-refractivity contribution in [2.24, 2.45) is 7.05 Å². The zero-order valence-electron chi connectivity index (χ0n) is 14.3. The van der Waals surface area contributed by atoms with Gasteiger partial charge in [0.05, 0.1) is 28.8 Å². The fraction of sp³-hybridized carbons (Fsp3) is 0.176. The average Bonchev–Trinajstić information content (AvgIpc) is 2.89. The Bertz CT molecular complexity index is 1170. The number of esters is 1. The van der Waals surface area contributed by atoms with Gasteiger partial charge in [-0.15, -0.1) is 0 Å². The smallest absolute Gasteiger partial charge is 0.419 e. The van der Waals surface area contributed by atoms with Gasteiger partial charge in [0.2, 0.25) is 0 Å². The number of hydrogen-bond acceptors (Lipinski definition) is 6. The number of rotatable bonds is 4. The lowest BCUT2D eigenvalue weighted by atomic mass is 10.1. The minimum absolute atomic E-state index is 0.0674. The van der Waals surface area contributed by atoms with Crippen LogP contribution in [0.25, 0.3) is 11.1 Å². The first-order valence-electron chi connectivity index (χ1n) is 7.54. The van der Waals surface area contributed by atoms with Crippen LogP contribution in [-0.2, 0) is 21.8 Å². The molecule has 26 heavy (non-hydrogen) atoms. The molecule has 8 nitrogen and oxygen atoms in total. The van der Waals surface area contributed by atoms with Crippen LogP contribution in [0.4, 0.5) is 5.69 Å². The summed E-state index contributed by atoms with van der Waals surface area (Å²) < 4.78 is 38.8. The topological polar surface area (TPSA) is 108 Å². The molecule has 0 saturated carbocycles. The molecule has 9 heteroatoms. The Morgan fingerprint density at radius 3 is 2.62 bits per heavy atom. The highest BCUT2D eigenvalue weighted by Crippen LogP contribution is 2.24. The zero-order chi connectivity index (χ0) is 19.1. The fourth-order valence-corrected chi connectivity index (χ4v) is 3.60. The predicted octanol–water partition coefficient (Wildman–Crippen LogP) is 2.03. The van der Waals surface area contributed by atoms with Crippen molar-refractivity contribution in [3.63, 3.8) is 0 Å². The molecule has 0 radical (unpaired) electrons. The van der Waals surface area contributed by atoms with Gasteiger partial charge in [0, 0.05) is 13.1 Å². The van der Waals surface area contributed by atoms with Gasteiger partial charge in [-0.25, -0.2) is 18.0 Å². The minimum atomic E-state index is -3.95. The zero-order valence-corrected chi connectivity index (χ0v) is 15.1. The fourth-order valence-electron chi connectivity index (χ4n) is 2.46. The summed E-state index contributed by atoms with van der Waals surface area (Å²) in [4.78, 5) is 23.1. The summed E-state index contributed by atoms with van der Waals surface area (Å²) in [5, 5.41) is 0. The van der Waals surface area contributed by atoms with Gasteiger partial charge in [0.15, 0.2) is 5.58 Å². The number of aromatic nitrogens is 1. The number of ether oxygens (including phenoxy) is 1. The Morgan fingerprint density at radius 2 is 1.92 bits per heavy atom. The van der Waals surface area contributed by atoms with E-state index in [1.54, 1.807) is 19.1 Å². The average molecular weight is 376 g/mol. The molecule has 0 aliphatic heterocycles. The lowest BCUT2D eigenvalue weighted by Gasteiger charge is -2.12. The second kappa shape index (κ2) is 6.34. The first-order chi connectivity index (χ1) is 12.2. The van der Waals surface area contributed by atoms with Gasteiger partial charge in [-0.1, -0.05) is 6.07 Å². The maximum Gasteiger partial charge on any atom is 0.419 e. The Hall–Kier alpha value is -3.07. The number of nitrogens with zero attached hydrogens (tertiary/aromatic N) is 1. The van der Waals surface area contributed by atoms with E-state index in [9.17, 15) is 18.0 Å². The van der Waals surface area contributed by atoms with Crippen molar-refractivity contribution in [2.45, 2.75) is 11.8 Å². The largest absolute Gasteiger partial charge is 0.465 e. The van der Waals surface area contributed by atoms with Crippen LogP contribution < -0.4 is 10.5 Å². The molecule has 0 spiro atoms. The number of nitrogens with one attached hydrogen (secondary N) is 1. The van der Waals surface area contributed by atoms with E-state index < -0.39 is 21.7 Å². The monoisotopic (exact) mass is 376 g/mol. The molecule has 0 bridgehead atoms. The number of methoxy groups -OCH3 is 1. The van der Waals surface area contributed by atoms with Gasteiger partial charge in [-0.3, -0.25) is 9.29 Å². The standard InChI is InChI=1S/C17H16N2O6S/c1-10-4-5-11(16(20)24-3)8-13(10)18-26(22,23)12-6-7-14-15(9-12)25-17(21)19(14)2/h4-9,18H,1-3H3. The van der Waals surface area contributed by atoms with Crippen LogP contribution in [0, 0.1) is 6.92 Å². The number of hydrogen-bond donors (Lipinski definition) is 1. The maximum absolute atomic E-state index is 12.7. The number of aryl methyl sites for hydroxylation is 2. The van der Waals surface area contributed by atoms with Crippen LogP contribution >= 0.6 is 0 Å². The van der Waals surface area contributed by atoms with Crippen molar-refractivity contribution in [3.8, 4) is 0 Å². The number of benzene rings is 2. The van der Waals surface area contributed by atoms with Crippen LogP contribution in [0.1, 0.15) is 15.9 Å². The maximum atomic E-state index is 12.7. The molecule has 3 aromatic rings. The first kappa shape index (κ1) is 17.7. The molecule has 0 aliphatic carbocycles. The number of sulfonamides is 1. The highest BCUT2D eigenvalue weighted by Gasteiger charge is 2.19. The number of fused-ring (bicyclic) bond motifs is 1. The molecule has 136 valence electrons. The van der Waals surface area contributed by atoms with E-state index in [-0.39, 0.29) is 21.7 Å². The summed E-state index contributed by atoms with van der Waals surface area (Å²) in [5.74, 6) is -1.15. The van der Waals surface area contributed by atoms with Gasteiger partial charge >= 0.3 is 11.7 Å². The van der Waals surface area contributed by atoms with Crippen LogP contribution in [0.15, 0.2) is 50.5 Å². The first-order valence-corrected chi connectivity index (χ1v) is 9.02. The van der Waals surface area contributed by atoms with Crippen LogP contribution in [-0.4, -0.2) is 26.1 Å². The van der Waals surface area contributed by atoms with Gasteiger partial charge in [0.25, 0.3) is 10.0 Å². The molecular formula is C17H16N2O6S. The Balaban J connectivity index is 2.01. The van der Waals surface area contributed by atoms with E-state index in [1.165, 1.54) is 43.0 Å². The molecule has 0 atom stereocenters. The Labute approximate surface area is 149 Å². The van der Waals surface area contributed by atoms with Gasteiger partial charge in [-0.2, -0.15) is 0 Å². The molecular weight excluding hydrogens is 360 g/mol. The van der Waals surface area contributed by atoms with Gasteiger partial charge < -0.3 is 9.15 Å². The Kier molecular flexibility index (Phi) is 4.33. The van der Waals surface area contributed by atoms with Crippen LogP contribution in [0.2, 0.25) is 0 Å². The van der Waals surface area contributed by atoms with E-state index in [0.717, 1.165) is 0 Å². The highest BCUT2D eigenvalue weighted by atomic mass is 32.2. The third kappa shape index (κ3) is 3.08. The summed E-state index contributed by atoms with van der Waals surface area (Å²) in [6.07, 6.45) is 0. The molecule has 3 rings (SSSR count). The van der Waals surface area contributed by atoms with Crippen molar-refractivity contribution in [1.82, 2.24) is 4.57 Å². The van der Waals surface area contributed by atoms with E-state index in [4.69, 9.17) is 4.42 Å². The second-order valence-corrected chi connectivity index (χ2v) is 7.37. The summed E-state index contributed by atoms with van der Waals surface area (Å²) >= 11 is 0. The van der Waals surface area contributed by atoms with E-state index in [1.807, 2.05) is 0 Å². The van der Waals surface area contributed by atoms with E-state index in [2.05, 4.69) is 9.46 Å². The summed E-state index contributed by atoms with van der Waals surface area (Å²) in [6.45, 7) is 1.71. The van der Waals surface area contributed by atoms with Crippen LogP contribution in [0.3, 0.4) is 0 Å². The van der Waals surface area contributed by atoms with Gasteiger partial charge in [-0.05, 0) is 36.8 Å². The normalized spacial score (nSPS) is 11.5. The van der Waals surface area contributed by atoms with Crippen molar-refractivity contribution in [2.75, 3.05) is 11.8 Å². The second-order valence-electron chi connectivity index (χ2n) is 5.68.